The molecule has 0 radical (unpaired) electrons. The first kappa shape index (κ1) is 18.3. The number of carbonyl (C=O) groups excluding carboxylic acids is 1. The molecule has 0 saturated heterocycles. The Kier molecular flexibility index (Phi) is 6.52. The van der Waals surface area contributed by atoms with E-state index in [9.17, 15) is 28.2 Å². The van der Waals surface area contributed by atoms with Crippen molar-refractivity contribution >= 4 is 28.5 Å². The molecule has 0 bridgehead atoms. The van der Waals surface area contributed by atoms with E-state index < -0.39 is 23.9 Å². The average molecular weight is 343 g/mol. The molecule has 0 aromatic heterocycles. The molecule has 0 aliphatic carbocycles. The van der Waals surface area contributed by atoms with Crippen LogP contribution in [0.25, 0.3) is 0 Å². The number of alkyl halides is 3. The molecular formula is C13H14ClF3O3S. The summed E-state index contributed by atoms with van der Waals surface area (Å²) in [5.74, 6) is 0.254. The third-order valence-corrected chi connectivity index (χ3v) is 3.92. The Bertz CT molecular complexity index is 508. The Morgan fingerprint density at radius 1 is 1.38 bits per heavy atom. The second-order valence-electron chi connectivity index (χ2n) is 4.37. The van der Waals surface area contributed by atoms with Gasteiger partial charge in [-0.25, -0.2) is 0 Å². The van der Waals surface area contributed by atoms with Crippen molar-refractivity contribution in [3.63, 3.8) is 0 Å². The van der Waals surface area contributed by atoms with Gasteiger partial charge in [0.05, 0.1) is 11.7 Å². The summed E-state index contributed by atoms with van der Waals surface area (Å²) in [7, 11) is 0. The highest BCUT2D eigenvalue weighted by Crippen LogP contribution is 2.35. The summed E-state index contributed by atoms with van der Waals surface area (Å²) in [6, 6.07) is 2.55. The third kappa shape index (κ3) is 5.50. The molecular weight excluding hydrogens is 329 g/mol. The number of thioether (sulfide) groups is 1. The Morgan fingerprint density at radius 2 is 2.00 bits per heavy atom. The van der Waals surface area contributed by atoms with Crippen LogP contribution in [0, 0.1) is 0 Å². The summed E-state index contributed by atoms with van der Waals surface area (Å²) in [5, 5.41) is 19.5. The SMILES string of the molecule is CC(=O)SCCC(O)C(O)c1cc(C(F)(F)F)ccc1Cl. The van der Waals surface area contributed by atoms with Crippen molar-refractivity contribution in [2.24, 2.45) is 0 Å². The number of carbonyl (C=O) groups is 1. The van der Waals surface area contributed by atoms with Gasteiger partial charge in [-0.15, -0.1) is 0 Å². The van der Waals surface area contributed by atoms with Crippen molar-refractivity contribution in [3.8, 4) is 0 Å². The molecule has 0 fully saturated rings. The normalized spacial score (nSPS) is 14.8. The molecule has 2 atom stereocenters. The van der Waals surface area contributed by atoms with Crippen molar-refractivity contribution in [2.75, 3.05) is 5.75 Å². The van der Waals surface area contributed by atoms with Crippen LogP contribution in [0.3, 0.4) is 0 Å². The van der Waals surface area contributed by atoms with E-state index in [1.54, 1.807) is 0 Å². The van der Waals surface area contributed by atoms with Crippen LogP contribution in [0.1, 0.15) is 30.6 Å². The monoisotopic (exact) mass is 342 g/mol. The Labute approximate surface area is 129 Å². The maximum Gasteiger partial charge on any atom is 0.416 e. The van der Waals surface area contributed by atoms with Crippen LogP contribution in [0.5, 0.6) is 0 Å². The summed E-state index contributed by atoms with van der Waals surface area (Å²) >= 11 is 6.73. The van der Waals surface area contributed by atoms with Gasteiger partial charge in [0, 0.05) is 23.3 Å². The molecule has 118 valence electrons. The van der Waals surface area contributed by atoms with Crippen LogP contribution in [-0.2, 0) is 11.0 Å². The van der Waals surface area contributed by atoms with Gasteiger partial charge in [-0.2, -0.15) is 13.2 Å². The van der Waals surface area contributed by atoms with Crippen molar-refractivity contribution in [1.29, 1.82) is 0 Å². The van der Waals surface area contributed by atoms with Gasteiger partial charge in [0.1, 0.15) is 6.10 Å². The molecule has 0 saturated carbocycles. The lowest BCUT2D eigenvalue weighted by Gasteiger charge is -2.20. The number of halogens is 4. The van der Waals surface area contributed by atoms with E-state index in [-0.39, 0.29) is 27.9 Å². The van der Waals surface area contributed by atoms with E-state index in [0.717, 1.165) is 23.9 Å². The second-order valence-corrected chi connectivity index (χ2v) is 6.05. The van der Waals surface area contributed by atoms with E-state index >= 15 is 0 Å². The van der Waals surface area contributed by atoms with Crippen molar-refractivity contribution < 1.29 is 28.2 Å². The molecule has 0 aliphatic rings. The minimum Gasteiger partial charge on any atom is -0.390 e. The zero-order valence-electron chi connectivity index (χ0n) is 11.0. The van der Waals surface area contributed by atoms with Crippen LogP contribution in [0.2, 0.25) is 5.02 Å². The number of hydrogen-bond donors (Lipinski definition) is 2. The first-order valence-electron chi connectivity index (χ1n) is 5.99. The van der Waals surface area contributed by atoms with E-state index in [1.807, 2.05) is 0 Å². The molecule has 0 spiro atoms. The number of hydrogen-bond acceptors (Lipinski definition) is 4. The molecule has 2 unspecified atom stereocenters. The highest BCUT2D eigenvalue weighted by Gasteiger charge is 2.32. The molecule has 3 nitrogen and oxygen atoms in total. The largest absolute Gasteiger partial charge is 0.416 e. The van der Waals surface area contributed by atoms with Gasteiger partial charge in [-0.3, -0.25) is 4.79 Å². The summed E-state index contributed by atoms with van der Waals surface area (Å²) in [5.41, 5.74) is -1.14. The van der Waals surface area contributed by atoms with Crippen molar-refractivity contribution in [3.05, 3.63) is 34.3 Å². The topological polar surface area (TPSA) is 57.5 Å². The van der Waals surface area contributed by atoms with Crippen LogP contribution < -0.4 is 0 Å². The van der Waals surface area contributed by atoms with Gasteiger partial charge in [-0.1, -0.05) is 23.4 Å². The Morgan fingerprint density at radius 3 is 2.52 bits per heavy atom. The summed E-state index contributed by atoms with van der Waals surface area (Å²) in [4.78, 5) is 10.7. The van der Waals surface area contributed by atoms with Gasteiger partial charge in [-0.05, 0) is 24.6 Å². The molecule has 21 heavy (non-hydrogen) atoms. The first-order chi connectivity index (χ1) is 9.62. The average Bonchev–Trinajstić information content (AvgIpc) is 2.36. The van der Waals surface area contributed by atoms with Gasteiger partial charge in [0.25, 0.3) is 0 Å². The maximum absolute atomic E-state index is 12.6. The smallest absolute Gasteiger partial charge is 0.390 e. The van der Waals surface area contributed by atoms with E-state index in [0.29, 0.717) is 6.07 Å². The Hall–Kier alpha value is -0.760. The fourth-order valence-electron chi connectivity index (χ4n) is 1.64. The lowest BCUT2D eigenvalue weighted by atomic mass is 10.0. The highest BCUT2D eigenvalue weighted by molar-refractivity contribution is 8.13. The van der Waals surface area contributed by atoms with E-state index in [2.05, 4.69) is 0 Å². The minimum atomic E-state index is -4.56. The molecule has 2 N–H and O–H groups in total. The fourth-order valence-corrected chi connectivity index (χ4v) is 2.51. The van der Waals surface area contributed by atoms with Gasteiger partial charge in [0.2, 0.25) is 0 Å². The van der Waals surface area contributed by atoms with E-state index in [1.165, 1.54) is 6.92 Å². The number of aliphatic hydroxyl groups excluding tert-OH is 2. The molecule has 1 aromatic rings. The molecule has 1 aromatic carbocycles. The summed E-state index contributed by atoms with van der Waals surface area (Å²) in [6.45, 7) is 1.36. The van der Waals surface area contributed by atoms with Crippen molar-refractivity contribution in [1.82, 2.24) is 0 Å². The Balaban J connectivity index is 2.85. The summed E-state index contributed by atoms with van der Waals surface area (Å²) < 4.78 is 37.9. The molecule has 0 heterocycles. The maximum atomic E-state index is 12.6. The third-order valence-electron chi connectivity index (χ3n) is 2.73. The van der Waals surface area contributed by atoms with Crippen molar-refractivity contribution in [2.45, 2.75) is 31.7 Å². The predicted octanol–water partition coefficient (Wildman–Crippen LogP) is 3.42. The molecule has 0 aliphatic heterocycles. The van der Waals surface area contributed by atoms with Crippen LogP contribution >= 0.6 is 23.4 Å². The predicted molar refractivity (Wildman–Crippen MR) is 75.2 cm³/mol. The zero-order valence-corrected chi connectivity index (χ0v) is 12.6. The second kappa shape index (κ2) is 7.49. The van der Waals surface area contributed by atoms with Crippen LogP contribution in [0.4, 0.5) is 13.2 Å². The first-order valence-corrected chi connectivity index (χ1v) is 7.35. The number of benzene rings is 1. The van der Waals surface area contributed by atoms with Crippen LogP contribution in [0.15, 0.2) is 18.2 Å². The standard InChI is InChI=1S/C13H14ClF3O3S/c1-7(18)21-5-4-11(19)12(20)9-6-8(13(15,16)17)2-3-10(9)14/h2-3,6,11-12,19-20H,4-5H2,1H3. The highest BCUT2D eigenvalue weighted by atomic mass is 35.5. The molecule has 8 heteroatoms. The zero-order chi connectivity index (χ0) is 16.2. The summed E-state index contributed by atoms with van der Waals surface area (Å²) in [6.07, 6.45) is -7.36. The van der Waals surface area contributed by atoms with Gasteiger partial charge >= 0.3 is 6.18 Å². The lowest BCUT2D eigenvalue weighted by Crippen LogP contribution is -2.20. The quantitative estimate of drug-likeness (QED) is 0.861. The van der Waals surface area contributed by atoms with Gasteiger partial charge in [0.15, 0.2) is 5.12 Å². The van der Waals surface area contributed by atoms with E-state index in [4.69, 9.17) is 11.6 Å². The minimum absolute atomic E-state index is 0.0536. The fraction of sp³-hybridized carbons (Fsp3) is 0.462. The number of aliphatic hydroxyl groups is 2. The molecule has 0 amide bonds. The van der Waals surface area contributed by atoms with Crippen LogP contribution in [-0.4, -0.2) is 27.2 Å². The van der Waals surface area contributed by atoms with Gasteiger partial charge < -0.3 is 10.2 Å². The molecule has 1 rings (SSSR count). The lowest BCUT2D eigenvalue weighted by molar-refractivity contribution is -0.137. The number of rotatable bonds is 5.